The Morgan fingerprint density at radius 3 is 2.81 bits per heavy atom. The Morgan fingerprint density at radius 2 is 2.07 bits per heavy atom. The van der Waals surface area contributed by atoms with Gasteiger partial charge >= 0.3 is 0 Å². The smallest absolute Gasteiger partial charge is 0.233 e. The molecule has 27 heavy (non-hydrogen) atoms. The molecule has 0 N–H and O–H groups in total. The van der Waals surface area contributed by atoms with Crippen LogP contribution in [0.1, 0.15) is 19.8 Å². The van der Waals surface area contributed by atoms with Crippen LogP contribution in [0.25, 0.3) is 16.4 Å². The fourth-order valence-corrected chi connectivity index (χ4v) is 4.93. The van der Waals surface area contributed by atoms with E-state index in [1.165, 1.54) is 18.2 Å². The van der Waals surface area contributed by atoms with E-state index in [9.17, 15) is 4.79 Å². The van der Waals surface area contributed by atoms with Crippen LogP contribution in [0.5, 0.6) is 0 Å². The maximum Gasteiger partial charge on any atom is 0.233 e. The van der Waals surface area contributed by atoms with Crippen LogP contribution in [0.2, 0.25) is 0 Å². The Labute approximate surface area is 167 Å². The SMILES string of the molecule is C[C@@H]1CCCN(C(=O)CSc2nnc(-c3cccs3)n2-c2ccccc2)C1. The molecule has 3 aromatic rings. The highest BCUT2D eigenvalue weighted by Crippen LogP contribution is 2.30. The average Bonchev–Trinajstić information content (AvgIpc) is 3.36. The molecule has 140 valence electrons. The van der Waals surface area contributed by atoms with Crippen molar-refractivity contribution in [2.45, 2.75) is 24.9 Å². The molecule has 0 radical (unpaired) electrons. The zero-order chi connectivity index (χ0) is 18.6. The number of carbonyl (C=O) groups excluding carboxylic acids is 1. The summed E-state index contributed by atoms with van der Waals surface area (Å²) in [6.07, 6.45) is 2.31. The Balaban J connectivity index is 1.57. The quantitative estimate of drug-likeness (QED) is 0.600. The summed E-state index contributed by atoms with van der Waals surface area (Å²) in [5.41, 5.74) is 1.01. The van der Waals surface area contributed by atoms with Gasteiger partial charge in [-0.05, 0) is 42.3 Å². The van der Waals surface area contributed by atoms with Crippen molar-refractivity contribution >= 4 is 29.0 Å². The zero-order valence-corrected chi connectivity index (χ0v) is 16.9. The van der Waals surface area contributed by atoms with Crippen LogP contribution in [0.4, 0.5) is 0 Å². The van der Waals surface area contributed by atoms with Crippen molar-refractivity contribution in [3.63, 3.8) is 0 Å². The van der Waals surface area contributed by atoms with Crippen molar-refractivity contribution in [2.75, 3.05) is 18.8 Å². The molecule has 2 aromatic heterocycles. The number of hydrogen-bond donors (Lipinski definition) is 0. The number of thiophene rings is 1. The van der Waals surface area contributed by atoms with E-state index in [1.54, 1.807) is 11.3 Å². The summed E-state index contributed by atoms with van der Waals surface area (Å²) in [5.74, 6) is 1.98. The lowest BCUT2D eigenvalue weighted by Crippen LogP contribution is -2.40. The summed E-state index contributed by atoms with van der Waals surface area (Å²) >= 11 is 3.10. The van der Waals surface area contributed by atoms with E-state index in [-0.39, 0.29) is 5.91 Å². The Hall–Kier alpha value is -2.12. The third kappa shape index (κ3) is 4.09. The molecule has 0 unspecified atom stereocenters. The van der Waals surface area contributed by atoms with E-state index in [2.05, 4.69) is 17.1 Å². The van der Waals surface area contributed by atoms with Gasteiger partial charge in [0.05, 0.1) is 10.6 Å². The summed E-state index contributed by atoms with van der Waals surface area (Å²) in [6.45, 7) is 3.95. The zero-order valence-electron chi connectivity index (χ0n) is 15.2. The minimum Gasteiger partial charge on any atom is -0.342 e. The van der Waals surface area contributed by atoms with E-state index in [0.29, 0.717) is 11.7 Å². The van der Waals surface area contributed by atoms with Crippen molar-refractivity contribution in [3.05, 3.63) is 47.8 Å². The van der Waals surface area contributed by atoms with Crippen molar-refractivity contribution < 1.29 is 4.79 Å². The second-order valence-electron chi connectivity index (χ2n) is 6.83. The number of rotatable bonds is 5. The molecule has 0 saturated carbocycles. The lowest BCUT2D eigenvalue weighted by Gasteiger charge is -2.30. The lowest BCUT2D eigenvalue weighted by molar-refractivity contribution is -0.130. The monoisotopic (exact) mass is 398 g/mol. The highest BCUT2D eigenvalue weighted by atomic mass is 32.2. The number of thioether (sulfide) groups is 1. The number of benzene rings is 1. The van der Waals surface area contributed by atoms with Gasteiger partial charge in [-0.1, -0.05) is 43.0 Å². The highest BCUT2D eigenvalue weighted by molar-refractivity contribution is 7.99. The number of piperidine rings is 1. The number of hydrogen-bond acceptors (Lipinski definition) is 5. The number of likely N-dealkylation sites (tertiary alicyclic amines) is 1. The van der Waals surface area contributed by atoms with Gasteiger partial charge in [0, 0.05) is 18.8 Å². The molecule has 1 saturated heterocycles. The predicted molar refractivity (Wildman–Crippen MR) is 110 cm³/mol. The number of nitrogens with zero attached hydrogens (tertiary/aromatic N) is 4. The summed E-state index contributed by atoms with van der Waals surface area (Å²) in [7, 11) is 0. The molecule has 0 spiro atoms. The third-order valence-electron chi connectivity index (χ3n) is 4.72. The van der Waals surface area contributed by atoms with Crippen LogP contribution in [0.3, 0.4) is 0 Å². The van der Waals surface area contributed by atoms with Gasteiger partial charge in [-0.2, -0.15) is 0 Å². The minimum absolute atomic E-state index is 0.187. The van der Waals surface area contributed by atoms with Crippen molar-refractivity contribution in [2.24, 2.45) is 5.92 Å². The Morgan fingerprint density at radius 1 is 1.22 bits per heavy atom. The molecule has 3 heterocycles. The molecule has 1 aliphatic heterocycles. The number of carbonyl (C=O) groups is 1. The Bertz CT molecular complexity index is 892. The standard InChI is InChI=1S/C20H22N4OS2/c1-15-7-5-11-23(13-15)18(25)14-27-20-22-21-19(17-10-6-12-26-17)24(20)16-8-3-2-4-9-16/h2-4,6,8-10,12,15H,5,7,11,13-14H2,1H3/t15-/m1/s1. The minimum atomic E-state index is 0.187. The fraction of sp³-hybridized carbons (Fsp3) is 0.350. The first-order valence-corrected chi connectivity index (χ1v) is 11.0. The van der Waals surface area contributed by atoms with Crippen LogP contribution in [0.15, 0.2) is 53.0 Å². The lowest BCUT2D eigenvalue weighted by atomic mass is 10.0. The molecule has 0 aliphatic carbocycles. The molecule has 1 aromatic carbocycles. The average molecular weight is 399 g/mol. The molecular weight excluding hydrogens is 376 g/mol. The van der Waals surface area contributed by atoms with Crippen LogP contribution >= 0.6 is 23.1 Å². The van der Waals surface area contributed by atoms with Crippen molar-refractivity contribution in [3.8, 4) is 16.4 Å². The summed E-state index contributed by atoms with van der Waals surface area (Å²) in [4.78, 5) is 15.7. The molecule has 1 amide bonds. The van der Waals surface area contributed by atoms with Crippen LogP contribution in [0, 0.1) is 5.92 Å². The van der Waals surface area contributed by atoms with Crippen LogP contribution in [-0.2, 0) is 4.79 Å². The summed E-state index contributed by atoms with van der Waals surface area (Å²) in [5, 5.41) is 11.6. The number of aromatic nitrogens is 3. The summed E-state index contributed by atoms with van der Waals surface area (Å²) in [6, 6.07) is 14.1. The van der Waals surface area contributed by atoms with Gasteiger partial charge in [-0.3, -0.25) is 9.36 Å². The first-order valence-electron chi connectivity index (χ1n) is 9.17. The Kier molecular flexibility index (Phi) is 5.59. The number of para-hydroxylation sites is 1. The molecule has 1 atom stereocenters. The first-order chi connectivity index (χ1) is 13.2. The van der Waals surface area contributed by atoms with E-state index in [4.69, 9.17) is 0 Å². The predicted octanol–water partition coefficient (Wildman–Crippen LogP) is 4.35. The van der Waals surface area contributed by atoms with Gasteiger partial charge in [0.25, 0.3) is 0 Å². The van der Waals surface area contributed by atoms with E-state index in [1.807, 2.05) is 57.3 Å². The fourth-order valence-electron chi connectivity index (χ4n) is 3.37. The molecule has 4 rings (SSSR count). The van der Waals surface area contributed by atoms with E-state index < -0.39 is 0 Å². The largest absolute Gasteiger partial charge is 0.342 e. The third-order valence-corrected chi connectivity index (χ3v) is 6.50. The van der Waals surface area contributed by atoms with Crippen LogP contribution < -0.4 is 0 Å². The second-order valence-corrected chi connectivity index (χ2v) is 8.72. The molecule has 5 nitrogen and oxygen atoms in total. The van der Waals surface area contributed by atoms with Gasteiger partial charge in [0.1, 0.15) is 0 Å². The van der Waals surface area contributed by atoms with Gasteiger partial charge in [0.2, 0.25) is 5.91 Å². The topological polar surface area (TPSA) is 51.0 Å². The maximum absolute atomic E-state index is 12.6. The molecule has 1 fully saturated rings. The highest BCUT2D eigenvalue weighted by Gasteiger charge is 2.23. The van der Waals surface area contributed by atoms with Gasteiger partial charge in [-0.15, -0.1) is 21.5 Å². The summed E-state index contributed by atoms with van der Waals surface area (Å²) < 4.78 is 2.04. The van der Waals surface area contributed by atoms with E-state index in [0.717, 1.165) is 41.1 Å². The van der Waals surface area contributed by atoms with Gasteiger partial charge in [0.15, 0.2) is 11.0 Å². The molecular formula is C20H22N4OS2. The van der Waals surface area contributed by atoms with Crippen molar-refractivity contribution in [1.29, 1.82) is 0 Å². The van der Waals surface area contributed by atoms with Crippen molar-refractivity contribution in [1.82, 2.24) is 19.7 Å². The second kappa shape index (κ2) is 8.27. The maximum atomic E-state index is 12.6. The molecule has 7 heteroatoms. The molecule has 1 aliphatic rings. The van der Waals surface area contributed by atoms with Gasteiger partial charge in [-0.25, -0.2) is 0 Å². The molecule has 0 bridgehead atoms. The van der Waals surface area contributed by atoms with Gasteiger partial charge < -0.3 is 4.90 Å². The van der Waals surface area contributed by atoms with Crippen LogP contribution in [-0.4, -0.2) is 44.4 Å². The normalized spacial score (nSPS) is 17.2. The number of amides is 1. The van der Waals surface area contributed by atoms with E-state index >= 15 is 0 Å². The first kappa shape index (κ1) is 18.3.